The molecule has 5 heteroatoms. The molecule has 0 aromatic heterocycles. The van der Waals surface area contributed by atoms with E-state index in [0.717, 1.165) is 13.0 Å². The van der Waals surface area contributed by atoms with Crippen LogP contribution in [0.4, 0.5) is 0 Å². The Labute approximate surface area is 103 Å². The summed E-state index contributed by atoms with van der Waals surface area (Å²) in [6, 6.07) is 1.96. The van der Waals surface area contributed by atoms with Gasteiger partial charge in [-0.25, -0.2) is 0 Å². The third-order valence-electron chi connectivity index (χ3n) is 2.82. The van der Waals surface area contributed by atoms with Crippen LogP contribution in [0.2, 0.25) is 0 Å². The van der Waals surface area contributed by atoms with Gasteiger partial charge in [0.2, 0.25) is 5.91 Å². The Hall–Kier alpha value is -1.12. The highest BCUT2D eigenvalue weighted by Crippen LogP contribution is 2.10. The van der Waals surface area contributed by atoms with Crippen molar-refractivity contribution in [3.8, 4) is 6.07 Å². The van der Waals surface area contributed by atoms with Crippen molar-refractivity contribution in [1.82, 2.24) is 10.2 Å². The molecule has 2 atom stereocenters. The van der Waals surface area contributed by atoms with Crippen LogP contribution in [0.5, 0.6) is 0 Å². The number of hydrogen-bond donors (Lipinski definition) is 1. The number of rotatable bonds is 5. The summed E-state index contributed by atoms with van der Waals surface area (Å²) in [7, 11) is 0. The van der Waals surface area contributed by atoms with Gasteiger partial charge in [0.25, 0.3) is 0 Å². The molecule has 5 nitrogen and oxygen atoms in total. The molecule has 1 N–H and O–H groups in total. The van der Waals surface area contributed by atoms with E-state index in [9.17, 15) is 4.79 Å². The lowest BCUT2D eigenvalue weighted by Gasteiger charge is -2.35. The van der Waals surface area contributed by atoms with E-state index in [4.69, 9.17) is 10.00 Å². The molecule has 1 heterocycles. The maximum atomic E-state index is 11.9. The standard InChI is InChI=1S/C12H21N3O2/c1-3-4-14-12(16)11-9-17-6-5-15(11)8-10(2)7-13/h10-11H,3-6,8-9H2,1-2H3,(H,14,16). The van der Waals surface area contributed by atoms with Gasteiger partial charge in [0, 0.05) is 19.6 Å². The average Bonchev–Trinajstić information content (AvgIpc) is 2.36. The van der Waals surface area contributed by atoms with E-state index >= 15 is 0 Å². The minimum absolute atomic E-state index is 0.0108. The van der Waals surface area contributed by atoms with Gasteiger partial charge in [-0.1, -0.05) is 6.92 Å². The molecule has 1 rings (SSSR count). The predicted molar refractivity (Wildman–Crippen MR) is 64.3 cm³/mol. The molecule has 0 spiro atoms. The van der Waals surface area contributed by atoms with Crippen molar-refractivity contribution in [2.24, 2.45) is 5.92 Å². The first-order valence-corrected chi connectivity index (χ1v) is 6.18. The first-order chi connectivity index (χ1) is 8.19. The SMILES string of the molecule is CCCNC(=O)C1COCCN1CC(C)C#N. The summed E-state index contributed by atoms with van der Waals surface area (Å²) < 4.78 is 5.34. The topological polar surface area (TPSA) is 65.4 Å². The van der Waals surface area contributed by atoms with Gasteiger partial charge < -0.3 is 10.1 Å². The molecule has 2 unspecified atom stereocenters. The van der Waals surface area contributed by atoms with Gasteiger partial charge >= 0.3 is 0 Å². The lowest BCUT2D eigenvalue weighted by Crippen LogP contribution is -2.54. The van der Waals surface area contributed by atoms with Crippen LogP contribution < -0.4 is 5.32 Å². The number of nitriles is 1. The Morgan fingerprint density at radius 1 is 1.71 bits per heavy atom. The van der Waals surface area contributed by atoms with E-state index in [1.807, 2.05) is 18.7 Å². The number of hydrogen-bond acceptors (Lipinski definition) is 4. The van der Waals surface area contributed by atoms with Crippen LogP contribution in [0.25, 0.3) is 0 Å². The van der Waals surface area contributed by atoms with E-state index in [0.29, 0.717) is 26.3 Å². The summed E-state index contributed by atoms with van der Waals surface area (Å²) in [5.74, 6) is -0.0498. The van der Waals surface area contributed by atoms with Gasteiger partial charge in [0.1, 0.15) is 6.04 Å². The van der Waals surface area contributed by atoms with E-state index in [-0.39, 0.29) is 17.9 Å². The molecule has 0 aromatic rings. The van der Waals surface area contributed by atoms with Crippen LogP contribution in [0.15, 0.2) is 0 Å². The first kappa shape index (κ1) is 13.9. The number of ether oxygens (including phenoxy) is 1. The van der Waals surface area contributed by atoms with Crippen molar-refractivity contribution in [3.63, 3.8) is 0 Å². The van der Waals surface area contributed by atoms with E-state index in [1.54, 1.807) is 0 Å². The lowest BCUT2D eigenvalue weighted by molar-refractivity contribution is -0.132. The maximum absolute atomic E-state index is 11.9. The zero-order valence-electron chi connectivity index (χ0n) is 10.6. The highest BCUT2D eigenvalue weighted by molar-refractivity contribution is 5.82. The van der Waals surface area contributed by atoms with Gasteiger partial charge in [-0.3, -0.25) is 9.69 Å². The van der Waals surface area contributed by atoms with Gasteiger partial charge in [0.05, 0.1) is 25.2 Å². The molecule has 17 heavy (non-hydrogen) atoms. The number of morpholine rings is 1. The van der Waals surface area contributed by atoms with Crippen molar-refractivity contribution >= 4 is 5.91 Å². The Morgan fingerprint density at radius 2 is 2.47 bits per heavy atom. The van der Waals surface area contributed by atoms with Crippen molar-refractivity contribution in [1.29, 1.82) is 5.26 Å². The van der Waals surface area contributed by atoms with Crippen LogP contribution in [0.3, 0.4) is 0 Å². The number of carbonyl (C=O) groups excluding carboxylic acids is 1. The molecule has 1 aliphatic heterocycles. The second-order valence-electron chi connectivity index (χ2n) is 4.41. The minimum Gasteiger partial charge on any atom is -0.378 e. The van der Waals surface area contributed by atoms with Crippen molar-refractivity contribution in [2.75, 3.05) is 32.8 Å². The molecule has 0 saturated carbocycles. The quantitative estimate of drug-likeness (QED) is 0.753. The zero-order valence-corrected chi connectivity index (χ0v) is 10.6. The Balaban J connectivity index is 2.53. The van der Waals surface area contributed by atoms with Crippen molar-refractivity contribution < 1.29 is 9.53 Å². The van der Waals surface area contributed by atoms with Gasteiger partial charge in [0.15, 0.2) is 0 Å². The molecule has 0 aliphatic carbocycles. The lowest BCUT2D eigenvalue weighted by atomic mass is 10.1. The molecular formula is C12H21N3O2. The minimum atomic E-state index is -0.244. The zero-order chi connectivity index (χ0) is 12.7. The molecular weight excluding hydrogens is 218 g/mol. The Kier molecular flexibility index (Phi) is 5.95. The molecule has 1 aliphatic rings. The smallest absolute Gasteiger partial charge is 0.239 e. The van der Waals surface area contributed by atoms with E-state index in [1.165, 1.54) is 0 Å². The third kappa shape index (κ3) is 4.33. The molecule has 1 fully saturated rings. The monoisotopic (exact) mass is 239 g/mol. The number of nitrogens with zero attached hydrogens (tertiary/aromatic N) is 2. The number of nitrogens with one attached hydrogen (secondary N) is 1. The van der Waals surface area contributed by atoms with Crippen LogP contribution in [-0.4, -0.2) is 49.7 Å². The average molecular weight is 239 g/mol. The highest BCUT2D eigenvalue weighted by atomic mass is 16.5. The number of amides is 1. The normalized spacial score (nSPS) is 22.8. The van der Waals surface area contributed by atoms with E-state index in [2.05, 4.69) is 11.4 Å². The number of carbonyl (C=O) groups is 1. The van der Waals surface area contributed by atoms with Crippen molar-refractivity contribution in [3.05, 3.63) is 0 Å². The second-order valence-corrected chi connectivity index (χ2v) is 4.41. The molecule has 1 amide bonds. The summed E-state index contributed by atoms with van der Waals surface area (Å²) in [5.41, 5.74) is 0. The van der Waals surface area contributed by atoms with Crippen molar-refractivity contribution in [2.45, 2.75) is 26.3 Å². The van der Waals surface area contributed by atoms with Crippen LogP contribution in [0, 0.1) is 17.2 Å². The predicted octanol–water partition coefficient (Wildman–Crippen LogP) is 0.373. The van der Waals surface area contributed by atoms with Gasteiger partial charge in [-0.05, 0) is 13.3 Å². The summed E-state index contributed by atoms with van der Waals surface area (Å²) >= 11 is 0. The molecule has 96 valence electrons. The van der Waals surface area contributed by atoms with Gasteiger partial charge in [-0.15, -0.1) is 0 Å². The van der Waals surface area contributed by atoms with Crippen LogP contribution in [-0.2, 0) is 9.53 Å². The molecule has 0 bridgehead atoms. The van der Waals surface area contributed by atoms with E-state index < -0.39 is 0 Å². The first-order valence-electron chi connectivity index (χ1n) is 6.18. The summed E-state index contributed by atoms with van der Waals surface area (Å²) in [5, 5.41) is 11.7. The largest absolute Gasteiger partial charge is 0.378 e. The molecule has 1 saturated heterocycles. The fourth-order valence-electron chi connectivity index (χ4n) is 1.86. The maximum Gasteiger partial charge on any atom is 0.239 e. The third-order valence-corrected chi connectivity index (χ3v) is 2.82. The Bertz CT molecular complexity index is 288. The Morgan fingerprint density at radius 3 is 3.12 bits per heavy atom. The van der Waals surface area contributed by atoms with Crippen LogP contribution >= 0.6 is 0 Å². The molecule has 0 aromatic carbocycles. The highest BCUT2D eigenvalue weighted by Gasteiger charge is 2.29. The fraction of sp³-hybridized carbons (Fsp3) is 0.833. The second kappa shape index (κ2) is 7.25. The summed E-state index contributed by atoms with van der Waals surface area (Å²) in [4.78, 5) is 14.0. The fourth-order valence-corrected chi connectivity index (χ4v) is 1.86. The van der Waals surface area contributed by atoms with Crippen LogP contribution in [0.1, 0.15) is 20.3 Å². The summed E-state index contributed by atoms with van der Waals surface area (Å²) in [6.45, 7) is 6.99. The summed E-state index contributed by atoms with van der Waals surface area (Å²) in [6.07, 6.45) is 0.925. The molecule has 0 radical (unpaired) electrons. The van der Waals surface area contributed by atoms with Gasteiger partial charge in [-0.2, -0.15) is 5.26 Å².